The summed E-state index contributed by atoms with van der Waals surface area (Å²) in [5.74, 6) is 0.499. The summed E-state index contributed by atoms with van der Waals surface area (Å²) in [5.41, 5.74) is 5.36. The fourth-order valence-electron chi connectivity index (χ4n) is 5.89. The molecular formula is C35H30N4O3S2. The number of thioether (sulfide) groups is 1. The highest BCUT2D eigenvalue weighted by Gasteiger charge is 2.23. The van der Waals surface area contributed by atoms with Crippen LogP contribution in [0, 0.1) is 0 Å². The topological polar surface area (TPSA) is 85.6 Å². The van der Waals surface area contributed by atoms with Gasteiger partial charge in [-0.25, -0.2) is 10.4 Å². The van der Waals surface area contributed by atoms with Crippen molar-refractivity contribution >= 4 is 67.0 Å². The van der Waals surface area contributed by atoms with Crippen LogP contribution >= 0.6 is 23.1 Å². The molecule has 0 bridgehead atoms. The van der Waals surface area contributed by atoms with Crippen molar-refractivity contribution in [3.05, 3.63) is 105 Å². The Morgan fingerprint density at radius 2 is 1.73 bits per heavy atom. The van der Waals surface area contributed by atoms with Gasteiger partial charge in [-0.15, -0.1) is 11.3 Å². The molecule has 1 N–H and O–H groups in total. The van der Waals surface area contributed by atoms with Crippen LogP contribution in [-0.2, 0) is 17.6 Å². The van der Waals surface area contributed by atoms with Crippen LogP contribution in [0.4, 0.5) is 0 Å². The predicted octanol–water partition coefficient (Wildman–Crippen LogP) is 7.27. The molecule has 0 aliphatic heterocycles. The van der Waals surface area contributed by atoms with Crippen molar-refractivity contribution in [3.63, 3.8) is 0 Å². The highest BCUT2D eigenvalue weighted by Crippen LogP contribution is 2.35. The molecular weight excluding hydrogens is 589 g/mol. The highest BCUT2D eigenvalue weighted by molar-refractivity contribution is 7.99. The minimum atomic E-state index is -0.283. The summed E-state index contributed by atoms with van der Waals surface area (Å²) < 4.78 is 7.24. The van der Waals surface area contributed by atoms with Crippen molar-refractivity contribution in [3.8, 4) is 11.4 Å². The lowest BCUT2D eigenvalue weighted by molar-refractivity contribution is -0.118. The molecule has 0 spiro atoms. The SMILES string of the molecule is CCOc1ccc(-n2c(SCC(=O)NN=Cc3c4ccccc4cc4ccccc34)nc3sc4c(c3c2=O)CCCC4)cc1. The molecule has 7 rings (SSSR count). The van der Waals surface area contributed by atoms with Gasteiger partial charge in [0.15, 0.2) is 5.16 Å². The normalized spacial score (nSPS) is 13.1. The van der Waals surface area contributed by atoms with Gasteiger partial charge in [-0.05, 0) is 90.0 Å². The van der Waals surface area contributed by atoms with Gasteiger partial charge in [-0.1, -0.05) is 60.3 Å². The van der Waals surface area contributed by atoms with E-state index in [0.717, 1.165) is 68.9 Å². The lowest BCUT2D eigenvalue weighted by atomic mass is 9.97. The molecule has 2 aromatic heterocycles. The van der Waals surface area contributed by atoms with Gasteiger partial charge in [0.25, 0.3) is 11.5 Å². The van der Waals surface area contributed by atoms with E-state index >= 15 is 0 Å². The molecule has 220 valence electrons. The van der Waals surface area contributed by atoms with Crippen molar-refractivity contribution < 1.29 is 9.53 Å². The van der Waals surface area contributed by atoms with E-state index in [1.54, 1.807) is 22.1 Å². The number of hydrogen-bond acceptors (Lipinski definition) is 7. The summed E-state index contributed by atoms with van der Waals surface area (Å²) in [6.45, 7) is 2.49. The third kappa shape index (κ3) is 5.37. The molecule has 0 radical (unpaired) electrons. The fraction of sp³-hybridized carbons (Fsp3) is 0.200. The van der Waals surface area contributed by atoms with E-state index in [1.807, 2.05) is 55.5 Å². The van der Waals surface area contributed by atoms with Gasteiger partial charge < -0.3 is 4.74 Å². The number of nitrogens with one attached hydrogen (secondary N) is 1. The number of thiophene rings is 1. The maximum absolute atomic E-state index is 14.0. The number of rotatable bonds is 8. The summed E-state index contributed by atoms with van der Waals surface area (Å²) >= 11 is 2.84. The smallest absolute Gasteiger partial charge is 0.267 e. The van der Waals surface area contributed by atoms with Gasteiger partial charge in [0.1, 0.15) is 10.6 Å². The second-order valence-corrected chi connectivity index (χ2v) is 12.7. The molecule has 44 heavy (non-hydrogen) atoms. The van der Waals surface area contributed by atoms with Crippen molar-refractivity contribution in [2.75, 3.05) is 12.4 Å². The van der Waals surface area contributed by atoms with E-state index in [-0.39, 0.29) is 17.2 Å². The summed E-state index contributed by atoms with van der Waals surface area (Å²) in [6, 6.07) is 25.9. The van der Waals surface area contributed by atoms with Gasteiger partial charge in [0, 0.05) is 10.4 Å². The van der Waals surface area contributed by atoms with E-state index in [9.17, 15) is 9.59 Å². The lowest BCUT2D eigenvalue weighted by Gasteiger charge is -2.14. The van der Waals surface area contributed by atoms with Gasteiger partial charge in [-0.3, -0.25) is 14.2 Å². The van der Waals surface area contributed by atoms with E-state index in [1.165, 1.54) is 16.6 Å². The third-order valence-electron chi connectivity index (χ3n) is 7.89. The van der Waals surface area contributed by atoms with Crippen LogP contribution < -0.4 is 15.7 Å². The fourth-order valence-corrected chi connectivity index (χ4v) is 8.00. The Morgan fingerprint density at radius 3 is 2.45 bits per heavy atom. The molecule has 0 fully saturated rings. The Bertz CT molecular complexity index is 2060. The number of amides is 1. The first-order chi connectivity index (χ1) is 21.6. The standard InChI is InChI=1S/C35H30N4O3S2/c1-2-42-25-17-15-24(16-18-25)39-34(41)32-28-13-7-8-14-30(28)44-33(32)37-35(39)43-21-31(40)38-36-20-29-26-11-5-3-9-22(26)19-23-10-4-6-12-27(23)29/h3-6,9-12,15-20H,2,7-8,13-14,21H2,1H3,(H,38,40). The van der Waals surface area contributed by atoms with Crippen molar-refractivity contribution in [1.29, 1.82) is 0 Å². The molecule has 0 atom stereocenters. The summed E-state index contributed by atoms with van der Waals surface area (Å²) in [4.78, 5) is 34.0. The predicted molar refractivity (Wildman–Crippen MR) is 181 cm³/mol. The van der Waals surface area contributed by atoms with E-state index < -0.39 is 0 Å². The second-order valence-electron chi connectivity index (χ2n) is 10.7. The lowest BCUT2D eigenvalue weighted by Crippen LogP contribution is -2.24. The zero-order valence-corrected chi connectivity index (χ0v) is 25.8. The summed E-state index contributed by atoms with van der Waals surface area (Å²) in [6.07, 6.45) is 5.79. The molecule has 1 aliphatic rings. The van der Waals surface area contributed by atoms with E-state index in [4.69, 9.17) is 9.72 Å². The Labute approximate surface area is 262 Å². The molecule has 2 heterocycles. The van der Waals surface area contributed by atoms with Gasteiger partial charge >= 0.3 is 0 Å². The number of fused-ring (bicyclic) bond motifs is 5. The zero-order valence-electron chi connectivity index (χ0n) is 24.2. The van der Waals surface area contributed by atoms with Gasteiger partial charge in [0.05, 0.1) is 29.6 Å². The monoisotopic (exact) mass is 618 g/mol. The number of aromatic nitrogens is 2. The second kappa shape index (κ2) is 12.3. The summed E-state index contributed by atoms with van der Waals surface area (Å²) in [7, 11) is 0. The van der Waals surface area contributed by atoms with Gasteiger partial charge in [0.2, 0.25) is 0 Å². The number of aryl methyl sites for hydroxylation is 2. The molecule has 0 saturated heterocycles. The Kier molecular flexibility index (Phi) is 7.89. The average molecular weight is 619 g/mol. The molecule has 9 heteroatoms. The Morgan fingerprint density at radius 1 is 1.02 bits per heavy atom. The van der Waals surface area contributed by atoms with Crippen molar-refractivity contribution in [2.45, 2.75) is 37.8 Å². The number of nitrogens with zero attached hydrogens (tertiary/aromatic N) is 3. The van der Waals surface area contributed by atoms with Crippen LogP contribution in [0.15, 0.2) is 93.9 Å². The average Bonchev–Trinajstić information content (AvgIpc) is 3.43. The van der Waals surface area contributed by atoms with Crippen LogP contribution in [0.5, 0.6) is 5.75 Å². The molecule has 4 aromatic carbocycles. The maximum atomic E-state index is 14.0. The van der Waals surface area contributed by atoms with E-state index in [2.05, 4.69) is 40.9 Å². The molecule has 1 aliphatic carbocycles. The number of hydrogen-bond donors (Lipinski definition) is 1. The third-order valence-corrected chi connectivity index (χ3v) is 10.0. The van der Waals surface area contributed by atoms with Crippen LogP contribution in [0.25, 0.3) is 37.4 Å². The Hall–Kier alpha value is -4.47. The van der Waals surface area contributed by atoms with Gasteiger partial charge in [-0.2, -0.15) is 5.10 Å². The van der Waals surface area contributed by atoms with E-state index in [0.29, 0.717) is 22.8 Å². The molecule has 0 unspecified atom stereocenters. The van der Waals surface area contributed by atoms with Crippen molar-refractivity contribution in [2.24, 2.45) is 5.10 Å². The molecule has 6 aromatic rings. The van der Waals surface area contributed by atoms with Crippen LogP contribution in [0.3, 0.4) is 0 Å². The van der Waals surface area contributed by atoms with Crippen LogP contribution in [-0.4, -0.2) is 34.0 Å². The maximum Gasteiger partial charge on any atom is 0.267 e. The minimum absolute atomic E-state index is 0.0493. The molecule has 1 amide bonds. The first-order valence-electron chi connectivity index (χ1n) is 14.8. The summed E-state index contributed by atoms with van der Waals surface area (Å²) in [5, 5.41) is 9.87. The van der Waals surface area contributed by atoms with Crippen LogP contribution in [0.1, 0.15) is 35.8 Å². The quantitative estimate of drug-likeness (QED) is 0.0638. The number of carbonyl (C=O) groups excluding carboxylic acids is 1. The largest absolute Gasteiger partial charge is 0.494 e. The minimum Gasteiger partial charge on any atom is -0.494 e. The first kappa shape index (κ1) is 28.3. The molecule has 0 saturated carbocycles. The Balaban J connectivity index is 1.17. The zero-order chi connectivity index (χ0) is 30.0. The van der Waals surface area contributed by atoms with Crippen molar-refractivity contribution in [1.82, 2.24) is 15.0 Å². The number of ether oxygens (including phenoxy) is 1. The number of hydrazone groups is 1. The number of carbonyl (C=O) groups is 1. The first-order valence-corrected chi connectivity index (χ1v) is 16.6. The number of benzene rings is 4. The van der Waals surface area contributed by atoms with Crippen LogP contribution in [0.2, 0.25) is 0 Å². The highest BCUT2D eigenvalue weighted by atomic mass is 32.2. The molecule has 7 nitrogen and oxygen atoms in total.